The van der Waals surface area contributed by atoms with Crippen molar-refractivity contribution in [1.29, 1.82) is 0 Å². The van der Waals surface area contributed by atoms with E-state index in [1.165, 1.54) is 0 Å². The van der Waals surface area contributed by atoms with Crippen LogP contribution in [-0.4, -0.2) is 11.6 Å². The van der Waals surface area contributed by atoms with E-state index in [4.69, 9.17) is 0 Å². The zero-order chi connectivity index (χ0) is 10.6. The van der Waals surface area contributed by atoms with E-state index in [-0.39, 0.29) is 23.4 Å². The predicted octanol–water partition coefficient (Wildman–Crippen LogP) is 1.91. The molecule has 4 unspecified atom stereocenters. The number of Topliss-reactive ketones (excluding diaryl/α,β-unsaturated/α-hetero) is 1. The van der Waals surface area contributed by atoms with Crippen LogP contribution in [-0.2, 0) is 9.59 Å². The molecule has 0 aromatic carbocycles. The Kier molecular flexibility index (Phi) is 1.76. The molecule has 0 N–H and O–H groups in total. The maximum absolute atomic E-state index is 12.0. The van der Waals surface area contributed by atoms with Crippen LogP contribution in [0.5, 0.6) is 0 Å². The standard InChI is InChI=1S/C13H14O2/c1-7-6-10(14)11-8-2-4-9(5-3-8)12(11)13(7)15/h2,4,6,8-9,11-12H,3,5H2,1H3. The Hall–Kier alpha value is -1.18. The Labute approximate surface area is 89.0 Å². The topological polar surface area (TPSA) is 34.1 Å². The van der Waals surface area contributed by atoms with Crippen molar-refractivity contribution in [2.45, 2.75) is 19.8 Å². The Morgan fingerprint density at radius 1 is 1.07 bits per heavy atom. The van der Waals surface area contributed by atoms with Gasteiger partial charge in [0.15, 0.2) is 11.6 Å². The third kappa shape index (κ3) is 1.11. The highest BCUT2D eigenvalue weighted by Crippen LogP contribution is 2.48. The molecular formula is C13H14O2. The van der Waals surface area contributed by atoms with Gasteiger partial charge in [-0.05, 0) is 43.3 Å². The summed E-state index contributed by atoms with van der Waals surface area (Å²) in [5, 5.41) is 0. The molecule has 78 valence electrons. The predicted molar refractivity (Wildman–Crippen MR) is 56.1 cm³/mol. The molecule has 0 radical (unpaired) electrons. The Morgan fingerprint density at radius 2 is 1.67 bits per heavy atom. The highest BCUT2D eigenvalue weighted by molar-refractivity contribution is 6.11. The summed E-state index contributed by atoms with van der Waals surface area (Å²) in [6.07, 6.45) is 8.01. The second-order valence-electron chi connectivity index (χ2n) is 4.94. The largest absolute Gasteiger partial charge is 0.294 e. The van der Waals surface area contributed by atoms with Gasteiger partial charge in [-0.15, -0.1) is 0 Å². The molecule has 0 saturated heterocycles. The number of carbonyl (C=O) groups excluding carboxylic acids is 2. The lowest BCUT2D eigenvalue weighted by Crippen LogP contribution is -2.47. The maximum atomic E-state index is 12.0. The number of allylic oxidation sites excluding steroid dienone is 4. The van der Waals surface area contributed by atoms with Crippen molar-refractivity contribution in [2.75, 3.05) is 0 Å². The van der Waals surface area contributed by atoms with Gasteiger partial charge in [0.2, 0.25) is 0 Å². The van der Waals surface area contributed by atoms with Crippen LogP contribution < -0.4 is 0 Å². The molecule has 4 atom stereocenters. The fourth-order valence-corrected chi connectivity index (χ4v) is 3.38. The minimum absolute atomic E-state index is 0.0359. The third-order valence-corrected chi connectivity index (χ3v) is 4.13. The van der Waals surface area contributed by atoms with Crippen molar-refractivity contribution in [1.82, 2.24) is 0 Å². The molecule has 0 aromatic rings. The fraction of sp³-hybridized carbons (Fsp3) is 0.538. The first-order chi connectivity index (χ1) is 7.18. The Morgan fingerprint density at radius 3 is 2.27 bits per heavy atom. The fourth-order valence-electron chi connectivity index (χ4n) is 3.38. The van der Waals surface area contributed by atoms with Crippen molar-refractivity contribution in [3.05, 3.63) is 23.8 Å². The Balaban J connectivity index is 2.10. The van der Waals surface area contributed by atoms with Crippen molar-refractivity contribution < 1.29 is 9.59 Å². The first kappa shape index (κ1) is 9.08. The van der Waals surface area contributed by atoms with Crippen LogP contribution in [0, 0.1) is 23.7 Å². The molecule has 1 fully saturated rings. The van der Waals surface area contributed by atoms with Gasteiger partial charge in [-0.3, -0.25) is 9.59 Å². The van der Waals surface area contributed by atoms with E-state index in [1.54, 1.807) is 13.0 Å². The number of hydrogen-bond acceptors (Lipinski definition) is 2. The van der Waals surface area contributed by atoms with Gasteiger partial charge in [-0.1, -0.05) is 12.2 Å². The summed E-state index contributed by atoms with van der Waals surface area (Å²) >= 11 is 0. The van der Waals surface area contributed by atoms with Crippen LogP contribution in [0.3, 0.4) is 0 Å². The lowest BCUT2D eigenvalue weighted by molar-refractivity contribution is -0.135. The summed E-state index contributed by atoms with van der Waals surface area (Å²) < 4.78 is 0. The van der Waals surface area contributed by atoms with Gasteiger partial charge in [0.25, 0.3) is 0 Å². The molecule has 4 rings (SSSR count). The van der Waals surface area contributed by atoms with E-state index in [2.05, 4.69) is 12.2 Å². The zero-order valence-corrected chi connectivity index (χ0v) is 8.77. The maximum Gasteiger partial charge on any atom is 0.163 e. The molecule has 4 aliphatic rings. The molecule has 0 amide bonds. The van der Waals surface area contributed by atoms with Gasteiger partial charge in [0, 0.05) is 11.8 Å². The van der Waals surface area contributed by atoms with Crippen molar-refractivity contribution >= 4 is 11.6 Å². The minimum Gasteiger partial charge on any atom is -0.294 e. The van der Waals surface area contributed by atoms with Crippen molar-refractivity contribution in [2.24, 2.45) is 23.7 Å². The monoisotopic (exact) mass is 202 g/mol. The van der Waals surface area contributed by atoms with Crippen LogP contribution in [0.1, 0.15) is 19.8 Å². The molecule has 0 aliphatic heterocycles. The highest BCUT2D eigenvalue weighted by atomic mass is 16.1. The molecule has 2 bridgehead atoms. The molecular weight excluding hydrogens is 188 g/mol. The molecule has 15 heavy (non-hydrogen) atoms. The summed E-state index contributed by atoms with van der Waals surface area (Å²) in [5.74, 6) is 0.951. The average Bonchev–Trinajstić information content (AvgIpc) is 2.26. The quantitative estimate of drug-likeness (QED) is 0.562. The van der Waals surface area contributed by atoms with Gasteiger partial charge in [0.1, 0.15) is 0 Å². The minimum atomic E-state index is -0.0371. The van der Waals surface area contributed by atoms with E-state index in [0.29, 0.717) is 17.4 Å². The number of ketones is 2. The van der Waals surface area contributed by atoms with Gasteiger partial charge in [-0.25, -0.2) is 0 Å². The molecule has 2 nitrogen and oxygen atoms in total. The first-order valence-corrected chi connectivity index (χ1v) is 5.63. The van der Waals surface area contributed by atoms with Gasteiger partial charge in [0.05, 0.1) is 0 Å². The zero-order valence-electron chi connectivity index (χ0n) is 8.77. The normalized spacial score (nSPS) is 42.9. The second kappa shape index (κ2) is 2.91. The van der Waals surface area contributed by atoms with Crippen molar-refractivity contribution in [3.8, 4) is 0 Å². The summed E-state index contributed by atoms with van der Waals surface area (Å²) in [4.78, 5) is 24.0. The van der Waals surface area contributed by atoms with Crippen molar-refractivity contribution in [3.63, 3.8) is 0 Å². The van der Waals surface area contributed by atoms with Gasteiger partial charge in [-0.2, -0.15) is 0 Å². The van der Waals surface area contributed by atoms with E-state index >= 15 is 0 Å². The van der Waals surface area contributed by atoms with Crippen LogP contribution >= 0.6 is 0 Å². The smallest absolute Gasteiger partial charge is 0.163 e. The molecule has 0 spiro atoms. The van der Waals surface area contributed by atoms with Gasteiger partial charge >= 0.3 is 0 Å². The highest BCUT2D eigenvalue weighted by Gasteiger charge is 2.49. The van der Waals surface area contributed by atoms with Crippen LogP contribution in [0.4, 0.5) is 0 Å². The molecule has 0 heterocycles. The number of fused-ring (bicyclic) bond motifs is 1. The number of rotatable bonds is 0. The number of hydrogen-bond donors (Lipinski definition) is 0. The van der Waals surface area contributed by atoms with Crippen LogP contribution in [0.2, 0.25) is 0 Å². The molecule has 1 saturated carbocycles. The van der Waals surface area contributed by atoms with Gasteiger partial charge < -0.3 is 0 Å². The first-order valence-electron chi connectivity index (χ1n) is 5.63. The lowest BCUT2D eigenvalue weighted by Gasteiger charge is -2.44. The summed E-state index contributed by atoms with van der Waals surface area (Å²) in [6.45, 7) is 1.77. The average molecular weight is 202 g/mol. The number of carbonyl (C=O) groups is 2. The molecule has 0 aromatic heterocycles. The summed E-state index contributed by atoms with van der Waals surface area (Å²) in [5.41, 5.74) is 0.655. The van der Waals surface area contributed by atoms with E-state index < -0.39 is 0 Å². The Bertz CT molecular complexity index is 403. The SMILES string of the molecule is CC1=CC(=O)C2C3C=CC(CC3)C2C1=O. The van der Waals surface area contributed by atoms with Crippen LogP contribution in [0.15, 0.2) is 23.8 Å². The third-order valence-electron chi connectivity index (χ3n) is 4.13. The lowest BCUT2D eigenvalue weighted by atomic mass is 9.57. The summed E-state index contributed by atoms with van der Waals surface area (Å²) in [6, 6.07) is 0. The van der Waals surface area contributed by atoms with E-state index in [0.717, 1.165) is 12.8 Å². The van der Waals surface area contributed by atoms with E-state index in [9.17, 15) is 9.59 Å². The van der Waals surface area contributed by atoms with Crippen LogP contribution in [0.25, 0.3) is 0 Å². The molecule has 4 aliphatic carbocycles. The molecule has 2 heteroatoms. The van der Waals surface area contributed by atoms with E-state index in [1.807, 2.05) is 0 Å². The second-order valence-corrected chi connectivity index (χ2v) is 4.94. The summed E-state index contributed by atoms with van der Waals surface area (Å²) in [7, 11) is 0.